The standard InChI is InChI=1S/C30H28F2IN5O4/c1-15-17-8-10-23(19(17)7-6-18(15)29(41)42-30(2,3)4)37-28(40)25-12-24(36-26-22(33)14-35-38(25)26)27(39)34-13-16-5-9-20(31)21(32)11-16/h5-7,9,11-12,14,23H,8,10,13H2,1-4H3,(H,34,39)(H,37,40). The van der Waals surface area contributed by atoms with E-state index in [2.05, 4.69) is 20.7 Å². The molecule has 0 spiro atoms. The highest BCUT2D eigenvalue weighted by molar-refractivity contribution is 14.1. The number of ether oxygens (including phenoxy) is 1. The predicted molar refractivity (Wildman–Crippen MR) is 158 cm³/mol. The SMILES string of the molecule is Cc1c(C(=O)OC(C)(C)C)ccc2c1CCC2NC(=O)c1cc(C(=O)NCc2ccc(F)c(F)c2)nc2c(I)cnn12. The summed E-state index contributed by atoms with van der Waals surface area (Å²) in [4.78, 5) is 43.7. The first-order valence-electron chi connectivity index (χ1n) is 13.3. The third-order valence-electron chi connectivity index (χ3n) is 6.95. The molecular formula is C30H28F2IN5O4. The molecule has 0 fully saturated rings. The quantitative estimate of drug-likeness (QED) is 0.212. The van der Waals surface area contributed by atoms with Crippen molar-refractivity contribution in [2.75, 3.05) is 0 Å². The maximum Gasteiger partial charge on any atom is 0.338 e. The zero-order valence-corrected chi connectivity index (χ0v) is 25.5. The molecule has 2 amide bonds. The van der Waals surface area contributed by atoms with E-state index in [9.17, 15) is 23.2 Å². The lowest BCUT2D eigenvalue weighted by Gasteiger charge is -2.21. The summed E-state index contributed by atoms with van der Waals surface area (Å²) in [5.74, 6) is -3.43. The molecule has 0 aliphatic heterocycles. The van der Waals surface area contributed by atoms with Gasteiger partial charge in [0.15, 0.2) is 17.3 Å². The summed E-state index contributed by atoms with van der Waals surface area (Å²) in [6.07, 6.45) is 2.84. The highest BCUT2D eigenvalue weighted by atomic mass is 127. The fourth-order valence-electron chi connectivity index (χ4n) is 4.95. The van der Waals surface area contributed by atoms with Gasteiger partial charge in [-0.05, 0) is 104 Å². The topological polar surface area (TPSA) is 115 Å². The molecule has 0 bridgehead atoms. The van der Waals surface area contributed by atoms with Crippen LogP contribution < -0.4 is 10.6 Å². The van der Waals surface area contributed by atoms with Gasteiger partial charge in [0.25, 0.3) is 11.8 Å². The van der Waals surface area contributed by atoms with E-state index < -0.39 is 35.0 Å². The molecule has 0 saturated heterocycles. The maximum atomic E-state index is 13.6. The second-order valence-corrected chi connectivity index (χ2v) is 12.2. The molecule has 1 aliphatic rings. The lowest BCUT2D eigenvalue weighted by molar-refractivity contribution is 0.00683. The van der Waals surface area contributed by atoms with Crippen LogP contribution in [0.25, 0.3) is 5.65 Å². The highest BCUT2D eigenvalue weighted by Gasteiger charge is 2.30. The molecule has 12 heteroatoms. The molecule has 2 aromatic heterocycles. The van der Waals surface area contributed by atoms with Gasteiger partial charge in [0, 0.05) is 12.6 Å². The van der Waals surface area contributed by atoms with Crippen LogP contribution in [-0.2, 0) is 17.7 Å². The highest BCUT2D eigenvalue weighted by Crippen LogP contribution is 2.35. The van der Waals surface area contributed by atoms with E-state index in [0.29, 0.717) is 33.2 Å². The molecule has 1 unspecified atom stereocenters. The number of aromatic nitrogens is 3. The van der Waals surface area contributed by atoms with Crippen molar-refractivity contribution in [2.45, 2.75) is 58.7 Å². The van der Waals surface area contributed by atoms with Gasteiger partial charge in [-0.1, -0.05) is 12.1 Å². The van der Waals surface area contributed by atoms with Gasteiger partial charge < -0.3 is 15.4 Å². The number of hydrogen-bond acceptors (Lipinski definition) is 6. The molecule has 2 N–H and O–H groups in total. The van der Waals surface area contributed by atoms with Gasteiger partial charge in [0.1, 0.15) is 17.0 Å². The number of benzene rings is 2. The van der Waals surface area contributed by atoms with Crippen LogP contribution in [0.5, 0.6) is 0 Å². The lowest BCUT2D eigenvalue weighted by Crippen LogP contribution is -2.31. The lowest BCUT2D eigenvalue weighted by atomic mass is 9.97. The Bertz CT molecular complexity index is 1750. The largest absolute Gasteiger partial charge is 0.456 e. The molecule has 5 rings (SSSR count). The number of halogens is 3. The molecule has 218 valence electrons. The van der Waals surface area contributed by atoms with Crippen molar-refractivity contribution in [2.24, 2.45) is 0 Å². The third kappa shape index (κ3) is 5.98. The van der Waals surface area contributed by atoms with Crippen molar-refractivity contribution in [3.05, 3.63) is 97.0 Å². The van der Waals surface area contributed by atoms with E-state index in [-0.39, 0.29) is 24.0 Å². The van der Waals surface area contributed by atoms with E-state index in [0.717, 1.165) is 28.8 Å². The van der Waals surface area contributed by atoms with E-state index in [1.165, 1.54) is 22.8 Å². The fourth-order valence-corrected chi connectivity index (χ4v) is 5.43. The molecule has 1 atom stereocenters. The Morgan fingerprint density at radius 1 is 1.10 bits per heavy atom. The number of nitrogens with one attached hydrogen (secondary N) is 2. The number of amides is 2. The van der Waals surface area contributed by atoms with Crippen LogP contribution in [0.15, 0.2) is 42.6 Å². The van der Waals surface area contributed by atoms with Crippen molar-refractivity contribution in [1.82, 2.24) is 25.2 Å². The van der Waals surface area contributed by atoms with Crippen molar-refractivity contribution in [1.29, 1.82) is 0 Å². The fraction of sp³-hybridized carbons (Fsp3) is 0.300. The summed E-state index contributed by atoms with van der Waals surface area (Å²) in [5, 5.41) is 9.95. The second-order valence-electron chi connectivity index (χ2n) is 11.1. The number of rotatable bonds is 6. The zero-order valence-electron chi connectivity index (χ0n) is 23.3. The van der Waals surface area contributed by atoms with Crippen LogP contribution in [0.3, 0.4) is 0 Å². The molecule has 2 aromatic carbocycles. The van der Waals surface area contributed by atoms with Crippen molar-refractivity contribution >= 4 is 46.0 Å². The summed E-state index contributed by atoms with van der Waals surface area (Å²) in [6, 6.07) is 7.95. The number of carbonyl (C=O) groups is 3. The van der Waals surface area contributed by atoms with Gasteiger partial charge >= 0.3 is 5.97 Å². The van der Waals surface area contributed by atoms with Crippen molar-refractivity contribution < 1.29 is 27.9 Å². The number of fused-ring (bicyclic) bond motifs is 2. The number of esters is 1. The maximum absolute atomic E-state index is 13.6. The van der Waals surface area contributed by atoms with E-state index >= 15 is 0 Å². The Morgan fingerprint density at radius 3 is 2.57 bits per heavy atom. The Hall–Kier alpha value is -3.94. The smallest absolute Gasteiger partial charge is 0.338 e. The summed E-state index contributed by atoms with van der Waals surface area (Å²) in [5.41, 5.74) is 3.38. The summed E-state index contributed by atoms with van der Waals surface area (Å²) in [6.45, 7) is 7.27. The van der Waals surface area contributed by atoms with Gasteiger partial charge in [-0.15, -0.1) is 0 Å². The van der Waals surface area contributed by atoms with Gasteiger partial charge in [0.2, 0.25) is 0 Å². The molecule has 1 aliphatic carbocycles. The molecule has 42 heavy (non-hydrogen) atoms. The molecule has 9 nitrogen and oxygen atoms in total. The van der Waals surface area contributed by atoms with Gasteiger partial charge in [-0.2, -0.15) is 5.10 Å². The van der Waals surface area contributed by atoms with Gasteiger partial charge in [-0.25, -0.2) is 23.1 Å². The Kier molecular flexibility index (Phi) is 8.01. The van der Waals surface area contributed by atoms with Gasteiger partial charge in [0.05, 0.1) is 21.4 Å². The van der Waals surface area contributed by atoms with E-state index in [1.54, 1.807) is 6.07 Å². The van der Waals surface area contributed by atoms with Crippen LogP contribution in [-0.4, -0.2) is 38.0 Å². The molecule has 2 heterocycles. The minimum atomic E-state index is -1.01. The summed E-state index contributed by atoms with van der Waals surface area (Å²) < 4.78 is 34.4. The minimum absolute atomic E-state index is 0.0293. The number of hydrogen-bond donors (Lipinski definition) is 2. The Morgan fingerprint density at radius 2 is 1.86 bits per heavy atom. The number of carbonyl (C=O) groups excluding carboxylic acids is 3. The zero-order chi connectivity index (χ0) is 30.3. The van der Waals surface area contributed by atoms with E-state index in [4.69, 9.17) is 4.74 Å². The normalized spacial score (nSPS) is 14.5. The Labute approximate surface area is 254 Å². The van der Waals surface area contributed by atoms with Crippen LogP contribution in [0, 0.1) is 22.1 Å². The summed E-state index contributed by atoms with van der Waals surface area (Å²) in [7, 11) is 0. The molecule has 0 saturated carbocycles. The van der Waals surface area contributed by atoms with Crippen LogP contribution in [0.4, 0.5) is 8.78 Å². The first-order chi connectivity index (χ1) is 19.8. The first kappa shape index (κ1) is 29.5. The van der Waals surface area contributed by atoms with Gasteiger partial charge in [-0.3, -0.25) is 9.59 Å². The van der Waals surface area contributed by atoms with E-state index in [1.807, 2.05) is 56.4 Å². The first-order valence-corrected chi connectivity index (χ1v) is 14.3. The molecule has 4 aromatic rings. The predicted octanol–water partition coefficient (Wildman–Crippen LogP) is 5.22. The second kappa shape index (κ2) is 11.4. The average Bonchev–Trinajstić information content (AvgIpc) is 3.51. The van der Waals surface area contributed by atoms with Crippen LogP contribution >= 0.6 is 22.6 Å². The monoisotopic (exact) mass is 687 g/mol. The van der Waals surface area contributed by atoms with Crippen molar-refractivity contribution in [3.63, 3.8) is 0 Å². The molecule has 0 radical (unpaired) electrons. The minimum Gasteiger partial charge on any atom is -0.456 e. The van der Waals surface area contributed by atoms with Crippen LogP contribution in [0.2, 0.25) is 0 Å². The third-order valence-corrected chi connectivity index (χ3v) is 7.71. The number of nitrogens with zero attached hydrogens (tertiary/aromatic N) is 3. The molecular weight excluding hydrogens is 659 g/mol. The average molecular weight is 687 g/mol. The van der Waals surface area contributed by atoms with Crippen LogP contribution in [0.1, 0.15) is 86.8 Å². The summed E-state index contributed by atoms with van der Waals surface area (Å²) >= 11 is 2.02. The van der Waals surface area contributed by atoms with Crippen molar-refractivity contribution in [3.8, 4) is 0 Å². The Balaban J connectivity index is 1.38.